The Bertz CT molecular complexity index is 1130. The first-order chi connectivity index (χ1) is 13.7. The predicted octanol–water partition coefficient (Wildman–Crippen LogP) is 4.68. The lowest BCUT2D eigenvalue weighted by atomic mass is 9.74. The van der Waals surface area contributed by atoms with E-state index in [1.807, 2.05) is 13.8 Å². The Balaban J connectivity index is 1.93. The summed E-state index contributed by atoms with van der Waals surface area (Å²) in [6, 6.07) is 4.39. The molecular formula is C20H19F3O5S2. The molecule has 30 heavy (non-hydrogen) atoms. The fraction of sp³-hybridized carbons (Fsp3) is 0.400. The van der Waals surface area contributed by atoms with Gasteiger partial charge in [-0.15, -0.1) is 11.3 Å². The minimum Gasteiger partial charge on any atom is -0.457 e. The lowest BCUT2D eigenvalue weighted by Crippen LogP contribution is -2.28. The van der Waals surface area contributed by atoms with Gasteiger partial charge in [-0.25, -0.2) is 13.2 Å². The maximum absolute atomic E-state index is 12.8. The number of carbonyl (C=O) groups excluding carboxylic acids is 2. The minimum atomic E-state index is -4.52. The summed E-state index contributed by atoms with van der Waals surface area (Å²) in [6.45, 7) is 3.26. The van der Waals surface area contributed by atoms with Crippen LogP contribution in [0, 0.1) is 5.41 Å². The average Bonchev–Trinajstić information content (AvgIpc) is 2.98. The first-order valence-electron chi connectivity index (χ1n) is 8.91. The highest BCUT2D eigenvalue weighted by Gasteiger charge is 2.40. The van der Waals surface area contributed by atoms with Crippen LogP contribution in [-0.4, -0.2) is 26.4 Å². The number of hydrogen-bond donors (Lipinski definition) is 0. The Morgan fingerprint density at radius 1 is 1.23 bits per heavy atom. The number of alkyl halides is 3. The summed E-state index contributed by atoms with van der Waals surface area (Å²) >= 11 is 0.674. The number of hydrogen-bond acceptors (Lipinski definition) is 6. The van der Waals surface area contributed by atoms with E-state index in [9.17, 15) is 31.2 Å². The van der Waals surface area contributed by atoms with Crippen molar-refractivity contribution < 1.29 is 35.9 Å². The molecule has 1 aromatic heterocycles. The van der Waals surface area contributed by atoms with Crippen molar-refractivity contribution >= 4 is 32.9 Å². The number of ether oxygens (including phenoxy) is 1. The molecule has 10 heteroatoms. The molecular weight excluding hydrogens is 441 g/mol. The molecule has 3 rings (SSSR count). The van der Waals surface area contributed by atoms with E-state index in [1.165, 1.54) is 12.1 Å². The van der Waals surface area contributed by atoms with Crippen molar-refractivity contribution in [3.05, 3.63) is 51.4 Å². The molecule has 0 saturated heterocycles. The van der Waals surface area contributed by atoms with Crippen LogP contribution in [0.2, 0.25) is 0 Å². The molecule has 0 amide bonds. The van der Waals surface area contributed by atoms with Gasteiger partial charge < -0.3 is 4.74 Å². The molecule has 0 fully saturated rings. The van der Waals surface area contributed by atoms with Crippen LogP contribution in [0.25, 0.3) is 0 Å². The highest BCUT2D eigenvalue weighted by molar-refractivity contribution is 7.92. The van der Waals surface area contributed by atoms with E-state index in [-0.39, 0.29) is 32.4 Å². The highest BCUT2D eigenvalue weighted by atomic mass is 32.2. The number of rotatable bonds is 4. The Labute approximate surface area is 175 Å². The van der Waals surface area contributed by atoms with Crippen LogP contribution in [0.3, 0.4) is 0 Å². The van der Waals surface area contributed by atoms with Gasteiger partial charge in [-0.2, -0.15) is 13.2 Å². The second kappa shape index (κ2) is 7.49. The van der Waals surface area contributed by atoms with Crippen LogP contribution in [0.4, 0.5) is 13.2 Å². The van der Waals surface area contributed by atoms with E-state index in [1.54, 1.807) is 0 Å². The number of benzene rings is 1. The molecule has 1 aliphatic carbocycles. The van der Waals surface area contributed by atoms with Gasteiger partial charge in [0.1, 0.15) is 15.7 Å². The third-order valence-electron chi connectivity index (χ3n) is 4.69. The fourth-order valence-electron chi connectivity index (χ4n) is 3.43. The van der Waals surface area contributed by atoms with Crippen molar-refractivity contribution in [1.82, 2.24) is 0 Å². The molecule has 162 valence electrons. The van der Waals surface area contributed by atoms with Crippen LogP contribution < -0.4 is 0 Å². The predicted molar refractivity (Wildman–Crippen MR) is 104 cm³/mol. The van der Waals surface area contributed by atoms with Gasteiger partial charge in [0.15, 0.2) is 15.6 Å². The summed E-state index contributed by atoms with van der Waals surface area (Å²) in [5, 5.41) is 0. The Kier molecular flexibility index (Phi) is 5.61. The molecule has 0 aliphatic heterocycles. The van der Waals surface area contributed by atoms with E-state index in [4.69, 9.17) is 4.74 Å². The maximum Gasteiger partial charge on any atom is 0.416 e. The van der Waals surface area contributed by atoms with Crippen molar-refractivity contribution in [2.45, 2.75) is 43.7 Å². The van der Waals surface area contributed by atoms with Crippen LogP contribution in [0.5, 0.6) is 0 Å². The van der Waals surface area contributed by atoms with E-state index in [0.717, 1.165) is 18.4 Å². The Morgan fingerprint density at radius 3 is 2.50 bits per heavy atom. The van der Waals surface area contributed by atoms with Gasteiger partial charge in [-0.3, -0.25) is 4.79 Å². The zero-order chi connectivity index (χ0) is 22.5. The van der Waals surface area contributed by atoms with Gasteiger partial charge in [0.25, 0.3) is 0 Å². The second-order valence-corrected chi connectivity index (χ2v) is 11.3. The van der Waals surface area contributed by atoms with Crippen molar-refractivity contribution in [3.63, 3.8) is 0 Å². The topological polar surface area (TPSA) is 77.5 Å². The molecule has 1 heterocycles. The monoisotopic (exact) mass is 460 g/mol. The van der Waals surface area contributed by atoms with Crippen molar-refractivity contribution in [2.24, 2.45) is 5.41 Å². The van der Waals surface area contributed by atoms with Gasteiger partial charge in [-0.1, -0.05) is 26.0 Å². The van der Waals surface area contributed by atoms with Gasteiger partial charge in [-0.05, 0) is 35.1 Å². The van der Waals surface area contributed by atoms with Crippen LogP contribution in [-0.2, 0) is 33.8 Å². The van der Waals surface area contributed by atoms with Crippen LogP contribution in [0.15, 0.2) is 28.5 Å². The summed E-state index contributed by atoms with van der Waals surface area (Å²) < 4.78 is 67.9. The normalized spacial score (nSPS) is 16.3. The van der Waals surface area contributed by atoms with Gasteiger partial charge in [0.05, 0.1) is 11.1 Å². The zero-order valence-electron chi connectivity index (χ0n) is 16.4. The molecule has 2 aromatic rings. The summed E-state index contributed by atoms with van der Waals surface area (Å²) in [7, 11) is -3.75. The number of halogens is 3. The number of esters is 1. The molecule has 0 radical (unpaired) electrons. The van der Waals surface area contributed by atoms with Crippen LogP contribution in [0.1, 0.15) is 57.0 Å². The smallest absolute Gasteiger partial charge is 0.416 e. The molecule has 0 unspecified atom stereocenters. The Hall–Kier alpha value is -2.20. The third-order valence-corrected chi connectivity index (χ3v) is 7.74. The largest absolute Gasteiger partial charge is 0.457 e. The molecule has 1 aliphatic rings. The number of carbonyl (C=O) groups is 2. The quantitative estimate of drug-likeness (QED) is 0.619. The van der Waals surface area contributed by atoms with Crippen molar-refractivity contribution in [3.8, 4) is 0 Å². The molecule has 5 nitrogen and oxygen atoms in total. The lowest BCUT2D eigenvalue weighted by Gasteiger charge is -2.29. The number of ketones is 1. The Morgan fingerprint density at radius 2 is 1.90 bits per heavy atom. The lowest BCUT2D eigenvalue weighted by molar-refractivity contribution is -0.137. The van der Waals surface area contributed by atoms with Crippen LogP contribution >= 0.6 is 11.3 Å². The number of thiophene rings is 1. The SMILES string of the molecule is CC1(C)CC(=O)c2c(S(C)(=O)=O)sc(C(=O)OCc3cccc(C(F)(F)F)c3)c2C1. The number of fused-ring (bicyclic) bond motifs is 1. The van der Waals surface area contributed by atoms with E-state index in [0.29, 0.717) is 23.3 Å². The summed E-state index contributed by atoms with van der Waals surface area (Å²) in [4.78, 5) is 25.3. The standard InChI is InChI=1S/C20H19F3O5S2/c1-19(2)8-13-15(14(24)9-19)18(30(3,26)27)29-16(13)17(25)28-10-11-5-4-6-12(7-11)20(21,22)23/h4-7H,8-10H2,1-3H3. The van der Waals surface area contributed by atoms with E-state index >= 15 is 0 Å². The average molecular weight is 460 g/mol. The van der Waals surface area contributed by atoms with E-state index in [2.05, 4.69) is 0 Å². The summed E-state index contributed by atoms with van der Waals surface area (Å²) in [5.41, 5.74) is -0.820. The second-order valence-electron chi connectivity index (χ2n) is 8.06. The zero-order valence-corrected chi connectivity index (χ0v) is 18.1. The van der Waals surface area contributed by atoms with E-state index < -0.39 is 39.6 Å². The van der Waals surface area contributed by atoms with Crippen molar-refractivity contribution in [2.75, 3.05) is 6.26 Å². The number of sulfone groups is 1. The maximum atomic E-state index is 12.8. The molecule has 0 spiro atoms. The van der Waals surface area contributed by atoms with Gasteiger partial charge in [0, 0.05) is 12.7 Å². The first kappa shape index (κ1) is 22.5. The minimum absolute atomic E-state index is 0.00136. The number of Topliss-reactive ketones (excluding diaryl/α,β-unsaturated/α-hetero) is 1. The fourth-order valence-corrected chi connectivity index (χ4v) is 5.86. The molecule has 1 aromatic carbocycles. The highest BCUT2D eigenvalue weighted by Crippen LogP contribution is 2.43. The molecule has 0 N–H and O–H groups in total. The van der Waals surface area contributed by atoms with Crippen molar-refractivity contribution in [1.29, 1.82) is 0 Å². The summed E-state index contributed by atoms with van der Waals surface area (Å²) in [5.74, 6) is -1.22. The first-order valence-corrected chi connectivity index (χ1v) is 11.6. The van der Waals surface area contributed by atoms with Gasteiger partial charge >= 0.3 is 12.1 Å². The molecule has 0 bridgehead atoms. The third kappa shape index (κ3) is 4.59. The molecule has 0 saturated carbocycles. The molecule has 0 atom stereocenters. The summed E-state index contributed by atoms with van der Waals surface area (Å²) in [6.07, 6.45) is -3.10. The van der Waals surface area contributed by atoms with Gasteiger partial charge in [0.2, 0.25) is 0 Å².